The van der Waals surface area contributed by atoms with Crippen molar-refractivity contribution >= 4 is 11.8 Å². The Morgan fingerprint density at radius 2 is 1.48 bits per heavy atom. The van der Waals surface area contributed by atoms with Crippen LogP contribution in [0.5, 0.6) is 0 Å². The molecule has 0 saturated carbocycles. The van der Waals surface area contributed by atoms with Gasteiger partial charge in [0.05, 0.1) is 7.11 Å². The Morgan fingerprint density at radius 1 is 1.00 bits per heavy atom. The maximum Gasteiger partial charge on any atom is 0.427 e. The molecule has 4 nitrogen and oxygen atoms in total. The van der Waals surface area contributed by atoms with Gasteiger partial charge in [-0.3, -0.25) is 0 Å². The minimum Gasteiger partial charge on any atom is -0.452 e. The van der Waals surface area contributed by atoms with Gasteiger partial charge in [-0.2, -0.15) is 5.10 Å². The first-order valence-corrected chi connectivity index (χ1v) is 6.70. The molecule has 2 aromatic carbocycles. The first kappa shape index (κ1) is 14.8. The number of amides is 1. The van der Waals surface area contributed by atoms with Crippen LogP contribution in [0.4, 0.5) is 4.79 Å². The quantitative estimate of drug-likeness (QED) is 0.688. The van der Waals surface area contributed by atoms with Crippen molar-refractivity contribution in [3.05, 3.63) is 71.8 Å². The predicted octanol–water partition coefficient (Wildman–Crippen LogP) is 3.55. The molecule has 0 saturated heterocycles. The largest absolute Gasteiger partial charge is 0.452 e. The molecule has 1 amide bonds. The van der Waals surface area contributed by atoms with Gasteiger partial charge in [0.25, 0.3) is 0 Å². The summed E-state index contributed by atoms with van der Waals surface area (Å²) in [7, 11) is 1.31. The van der Waals surface area contributed by atoms with E-state index in [-0.39, 0.29) is 5.92 Å². The van der Waals surface area contributed by atoms with Crippen LogP contribution in [0.25, 0.3) is 0 Å². The number of carbonyl (C=O) groups excluding carboxylic acids is 1. The Morgan fingerprint density at radius 3 is 1.90 bits per heavy atom. The van der Waals surface area contributed by atoms with Gasteiger partial charge in [0.2, 0.25) is 0 Å². The number of nitrogens with one attached hydrogen (secondary N) is 1. The molecular weight excluding hydrogens is 264 g/mol. The second kappa shape index (κ2) is 7.24. The van der Waals surface area contributed by atoms with Gasteiger partial charge >= 0.3 is 6.09 Å². The normalized spacial score (nSPS) is 11.3. The fourth-order valence-electron chi connectivity index (χ4n) is 2.21. The molecule has 0 heterocycles. The van der Waals surface area contributed by atoms with Gasteiger partial charge < -0.3 is 4.74 Å². The van der Waals surface area contributed by atoms with E-state index in [1.54, 1.807) is 0 Å². The van der Waals surface area contributed by atoms with Crippen LogP contribution in [-0.4, -0.2) is 18.9 Å². The fourth-order valence-corrected chi connectivity index (χ4v) is 2.21. The lowest BCUT2D eigenvalue weighted by molar-refractivity contribution is 0.171. The van der Waals surface area contributed by atoms with Crippen LogP contribution < -0.4 is 5.43 Å². The number of rotatable bonds is 4. The first-order chi connectivity index (χ1) is 10.2. The maximum absolute atomic E-state index is 11.2. The van der Waals surface area contributed by atoms with Gasteiger partial charge in [-0.25, -0.2) is 10.2 Å². The van der Waals surface area contributed by atoms with Crippen molar-refractivity contribution in [1.82, 2.24) is 5.43 Å². The van der Waals surface area contributed by atoms with Crippen LogP contribution >= 0.6 is 0 Å². The molecule has 0 fully saturated rings. The third-order valence-electron chi connectivity index (χ3n) is 3.19. The number of carbonyl (C=O) groups is 1. The van der Waals surface area contributed by atoms with Crippen molar-refractivity contribution in [3.63, 3.8) is 0 Å². The van der Waals surface area contributed by atoms with E-state index in [0.717, 1.165) is 16.8 Å². The first-order valence-electron chi connectivity index (χ1n) is 6.70. The molecule has 21 heavy (non-hydrogen) atoms. The molecule has 0 atom stereocenters. The summed E-state index contributed by atoms with van der Waals surface area (Å²) in [5.41, 5.74) is 5.41. The van der Waals surface area contributed by atoms with Crippen LogP contribution in [0.15, 0.2) is 65.8 Å². The zero-order valence-electron chi connectivity index (χ0n) is 12.1. The molecule has 0 aliphatic carbocycles. The van der Waals surface area contributed by atoms with Crippen molar-refractivity contribution in [2.45, 2.75) is 12.8 Å². The summed E-state index contributed by atoms with van der Waals surface area (Å²) in [6.45, 7) is 1.89. The Bertz CT molecular complexity index is 570. The van der Waals surface area contributed by atoms with Crippen LogP contribution in [0.2, 0.25) is 0 Å². The summed E-state index contributed by atoms with van der Waals surface area (Å²) >= 11 is 0. The smallest absolute Gasteiger partial charge is 0.427 e. The van der Waals surface area contributed by atoms with E-state index in [1.165, 1.54) is 7.11 Å². The molecule has 0 radical (unpaired) electrons. The average molecular weight is 282 g/mol. The van der Waals surface area contributed by atoms with Crippen molar-refractivity contribution in [2.24, 2.45) is 5.10 Å². The summed E-state index contributed by atoms with van der Waals surface area (Å²) in [4.78, 5) is 11.2. The number of hydrazone groups is 1. The van der Waals surface area contributed by atoms with Gasteiger partial charge in [0.1, 0.15) is 0 Å². The molecule has 0 aromatic heterocycles. The Kier molecular flexibility index (Phi) is 5.10. The average Bonchev–Trinajstić information content (AvgIpc) is 2.55. The highest BCUT2D eigenvalue weighted by molar-refractivity contribution is 5.92. The van der Waals surface area contributed by atoms with E-state index in [0.29, 0.717) is 0 Å². The van der Waals surface area contributed by atoms with E-state index in [9.17, 15) is 4.79 Å². The molecule has 0 aliphatic rings. The minimum atomic E-state index is -0.575. The summed E-state index contributed by atoms with van der Waals surface area (Å²) in [5.74, 6) is -0.00967. The second-order valence-electron chi connectivity index (χ2n) is 4.61. The standard InChI is InChI=1S/C17H18N2O2/c1-13(18-19-17(20)21-2)16(14-9-5-3-6-10-14)15-11-7-4-8-12-15/h3-12,16H,1-2H3,(H,19,20)/b18-13-. The Labute approximate surface area is 124 Å². The van der Waals surface area contributed by atoms with Crippen LogP contribution in [0.1, 0.15) is 24.0 Å². The van der Waals surface area contributed by atoms with Gasteiger partial charge in [-0.1, -0.05) is 60.7 Å². The minimum absolute atomic E-state index is 0.00967. The molecular formula is C17H18N2O2. The molecule has 4 heteroatoms. The number of methoxy groups -OCH3 is 1. The van der Waals surface area contributed by atoms with E-state index in [2.05, 4.69) is 39.5 Å². The van der Waals surface area contributed by atoms with Crippen LogP contribution in [0.3, 0.4) is 0 Å². The summed E-state index contributed by atoms with van der Waals surface area (Å²) in [5, 5.41) is 4.14. The maximum atomic E-state index is 11.2. The van der Waals surface area contributed by atoms with E-state index < -0.39 is 6.09 Å². The number of hydrogen-bond donors (Lipinski definition) is 1. The zero-order valence-corrected chi connectivity index (χ0v) is 12.1. The summed E-state index contributed by atoms with van der Waals surface area (Å²) < 4.78 is 4.53. The van der Waals surface area contributed by atoms with Gasteiger partial charge in [0, 0.05) is 11.6 Å². The van der Waals surface area contributed by atoms with Gasteiger partial charge in [0.15, 0.2) is 0 Å². The number of hydrogen-bond acceptors (Lipinski definition) is 3. The molecule has 2 rings (SSSR count). The molecule has 2 aromatic rings. The zero-order chi connectivity index (χ0) is 15.1. The van der Waals surface area contributed by atoms with Crippen molar-refractivity contribution in [1.29, 1.82) is 0 Å². The van der Waals surface area contributed by atoms with E-state index in [1.807, 2.05) is 43.3 Å². The van der Waals surface area contributed by atoms with Gasteiger partial charge in [-0.15, -0.1) is 0 Å². The third kappa shape index (κ3) is 3.92. The molecule has 0 aliphatic heterocycles. The molecule has 0 bridgehead atoms. The topological polar surface area (TPSA) is 50.7 Å². The third-order valence-corrected chi connectivity index (χ3v) is 3.19. The lowest BCUT2D eigenvalue weighted by Crippen LogP contribution is -2.21. The molecule has 108 valence electrons. The molecule has 1 N–H and O–H groups in total. The van der Waals surface area contributed by atoms with Crippen LogP contribution in [0, 0.1) is 0 Å². The van der Waals surface area contributed by atoms with Gasteiger partial charge in [-0.05, 0) is 18.1 Å². The highest BCUT2D eigenvalue weighted by Crippen LogP contribution is 2.25. The summed E-state index contributed by atoms with van der Waals surface area (Å²) in [6, 6.07) is 20.1. The Hall–Kier alpha value is -2.62. The highest BCUT2D eigenvalue weighted by atomic mass is 16.5. The van der Waals surface area contributed by atoms with Crippen molar-refractivity contribution in [2.75, 3.05) is 7.11 Å². The fraction of sp³-hybridized carbons (Fsp3) is 0.176. The summed E-state index contributed by atoms with van der Waals surface area (Å²) in [6.07, 6.45) is -0.575. The SMILES string of the molecule is COC(=O)N/N=C(/C)C(c1ccccc1)c1ccccc1. The van der Waals surface area contributed by atoms with Crippen molar-refractivity contribution < 1.29 is 9.53 Å². The lowest BCUT2D eigenvalue weighted by Gasteiger charge is -2.18. The second-order valence-corrected chi connectivity index (χ2v) is 4.61. The number of benzene rings is 2. The predicted molar refractivity (Wildman–Crippen MR) is 83.4 cm³/mol. The van der Waals surface area contributed by atoms with Crippen molar-refractivity contribution in [3.8, 4) is 0 Å². The monoisotopic (exact) mass is 282 g/mol. The Balaban J connectivity index is 2.35. The molecule has 0 unspecified atom stereocenters. The van der Waals surface area contributed by atoms with Crippen LogP contribution in [-0.2, 0) is 4.74 Å². The molecule has 0 spiro atoms. The van der Waals surface area contributed by atoms with E-state index in [4.69, 9.17) is 0 Å². The van der Waals surface area contributed by atoms with E-state index >= 15 is 0 Å². The number of ether oxygens (including phenoxy) is 1. The number of nitrogens with zero attached hydrogens (tertiary/aromatic N) is 1. The lowest BCUT2D eigenvalue weighted by atomic mass is 9.88. The highest BCUT2D eigenvalue weighted by Gasteiger charge is 2.17.